The summed E-state index contributed by atoms with van der Waals surface area (Å²) in [5.74, 6) is 1.59. The molecule has 172 valence electrons. The molecule has 1 aromatic carbocycles. The second kappa shape index (κ2) is 10.8. The van der Waals surface area contributed by atoms with Crippen LogP contribution < -0.4 is 15.5 Å². The van der Waals surface area contributed by atoms with Gasteiger partial charge in [-0.25, -0.2) is 4.98 Å². The Kier molecular flexibility index (Phi) is 8.09. The van der Waals surface area contributed by atoms with Crippen molar-refractivity contribution < 1.29 is 0 Å². The molecule has 0 aliphatic carbocycles. The molecule has 0 amide bonds. The maximum Gasteiger partial charge on any atom is 0.229 e. The number of nitriles is 1. The first-order valence-electron chi connectivity index (χ1n) is 11.9. The summed E-state index contributed by atoms with van der Waals surface area (Å²) >= 11 is 0. The Morgan fingerprint density at radius 2 is 2.03 bits per heavy atom. The van der Waals surface area contributed by atoms with Crippen molar-refractivity contribution in [3.8, 4) is 6.07 Å². The van der Waals surface area contributed by atoms with Crippen LogP contribution in [-0.2, 0) is 6.42 Å². The molecule has 1 aromatic heterocycles. The zero-order chi connectivity index (χ0) is 23.1. The van der Waals surface area contributed by atoms with Crippen LogP contribution in [0.3, 0.4) is 0 Å². The topological polar surface area (TPSA) is 76.9 Å². The lowest BCUT2D eigenvalue weighted by Crippen LogP contribution is -2.48. The number of aryl methyl sites for hydroxylation is 2. The van der Waals surface area contributed by atoms with E-state index in [1.165, 1.54) is 6.42 Å². The summed E-state index contributed by atoms with van der Waals surface area (Å²) in [5, 5.41) is 16.5. The Morgan fingerprint density at radius 3 is 2.75 bits per heavy atom. The minimum absolute atomic E-state index is 0.276. The molecule has 6 nitrogen and oxygen atoms in total. The van der Waals surface area contributed by atoms with Gasteiger partial charge in [-0.1, -0.05) is 40.2 Å². The van der Waals surface area contributed by atoms with Crippen molar-refractivity contribution in [1.29, 1.82) is 5.26 Å². The maximum absolute atomic E-state index is 9.36. The van der Waals surface area contributed by atoms with Crippen LogP contribution in [0.25, 0.3) is 0 Å². The molecule has 1 saturated heterocycles. The van der Waals surface area contributed by atoms with Crippen molar-refractivity contribution in [3.05, 3.63) is 41.1 Å². The fourth-order valence-electron chi connectivity index (χ4n) is 3.94. The van der Waals surface area contributed by atoms with Gasteiger partial charge in [-0.05, 0) is 55.7 Å². The van der Waals surface area contributed by atoms with Crippen LogP contribution in [0.1, 0.15) is 70.2 Å². The molecule has 2 N–H and O–H groups in total. The highest BCUT2D eigenvalue weighted by Gasteiger charge is 2.23. The van der Waals surface area contributed by atoms with Crippen LogP contribution in [-0.4, -0.2) is 35.6 Å². The van der Waals surface area contributed by atoms with Gasteiger partial charge < -0.3 is 15.5 Å². The van der Waals surface area contributed by atoms with Gasteiger partial charge in [0.15, 0.2) is 0 Å². The summed E-state index contributed by atoms with van der Waals surface area (Å²) in [7, 11) is 0. The molecule has 2 aromatic rings. The molecular formula is C26H38N6. The van der Waals surface area contributed by atoms with Crippen LogP contribution >= 0.6 is 0 Å². The number of benzene rings is 1. The van der Waals surface area contributed by atoms with Crippen molar-refractivity contribution in [2.24, 2.45) is 5.41 Å². The standard InChI is InChI=1S/C26H38N6/c1-6-7-9-21-15-24(32-13-8-10-23(17-32)28-18-26(3,4)5)31-25(29-21)30-22-12-11-19(2)20(14-22)16-27/h11-12,14-15,23,28H,6-10,13,17-18H2,1-5H3,(H,29,30,31)/t23-/m1/s1. The zero-order valence-corrected chi connectivity index (χ0v) is 20.3. The second-order valence-electron chi connectivity index (χ2n) is 10.1. The van der Waals surface area contributed by atoms with Gasteiger partial charge in [0.1, 0.15) is 5.82 Å². The Bertz CT molecular complexity index is 940. The van der Waals surface area contributed by atoms with Gasteiger partial charge in [0.25, 0.3) is 0 Å². The van der Waals surface area contributed by atoms with Crippen molar-refractivity contribution in [1.82, 2.24) is 15.3 Å². The van der Waals surface area contributed by atoms with Crippen LogP contribution in [0.2, 0.25) is 0 Å². The monoisotopic (exact) mass is 434 g/mol. The Labute approximate surface area is 193 Å². The Morgan fingerprint density at radius 1 is 1.22 bits per heavy atom. The lowest BCUT2D eigenvalue weighted by molar-refractivity contribution is 0.328. The van der Waals surface area contributed by atoms with Crippen LogP contribution in [0, 0.1) is 23.7 Å². The minimum Gasteiger partial charge on any atom is -0.355 e. The third-order valence-electron chi connectivity index (χ3n) is 5.83. The summed E-state index contributed by atoms with van der Waals surface area (Å²) in [6.45, 7) is 13.9. The average Bonchev–Trinajstić information content (AvgIpc) is 2.77. The van der Waals surface area contributed by atoms with Crippen LogP contribution in [0.15, 0.2) is 24.3 Å². The van der Waals surface area contributed by atoms with E-state index in [1.54, 1.807) is 0 Å². The molecule has 0 radical (unpaired) electrons. The highest BCUT2D eigenvalue weighted by atomic mass is 15.2. The van der Waals surface area contributed by atoms with Gasteiger partial charge in [0.2, 0.25) is 5.95 Å². The smallest absolute Gasteiger partial charge is 0.229 e. The first-order chi connectivity index (χ1) is 15.3. The van der Waals surface area contributed by atoms with Gasteiger partial charge in [-0.3, -0.25) is 0 Å². The minimum atomic E-state index is 0.276. The highest BCUT2D eigenvalue weighted by molar-refractivity contribution is 5.59. The van der Waals surface area contributed by atoms with E-state index < -0.39 is 0 Å². The second-order valence-corrected chi connectivity index (χ2v) is 10.1. The van der Waals surface area contributed by atoms with E-state index in [0.29, 0.717) is 17.6 Å². The number of piperidine rings is 1. The molecule has 1 aliphatic rings. The van der Waals surface area contributed by atoms with Crippen molar-refractivity contribution in [2.45, 2.75) is 72.8 Å². The predicted octanol–water partition coefficient (Wildman–Crippen LogP) is 5.35. The number of unbranched alkanes of at least 4 members (excludes halogenated alkanes) is 1. The van der Waals surface area contributed by atoms with Crippen molar-refractivity contribution >= 4 is 17.5 Å². The molecule has 1 aliphatic heterocycles. The first-order valence-corrected chi connectivity index (χ1v) is 11.9. The lowest BCUT2D eigenvalue weighted by Gasteiger charge is -2.35. The fraction of sp³-hybridized carbons (Fsp3) is 0.577. The van der Waals surface area contributed by atoms with Gasteiger partial charge in [-0.15, -0.1) is 0 Å². The van der Waals surface area contributed by atoms with E-state index in [2.05, 4.69) is 55.4 Å². The third-order valence-corrected chi connectivity index (χ3v) is 5.83. The average molecular weight is 435 g/mol. The molecule has 0 saturated carbocycles. The summed E-state index contributed by atoms with van der Waals surface area (Å²) in [4.78, 5) is 12.0. The maximum atomic E-state index is 9.36. The van der Waals surface area contributed by atoms with Gasteiger partial charge in [-0.2, -0.15) is 10.2 Å². The van der Waals surface area contributed by atoms with E-state index >= 15 is 0 Å². The van der Waals surface area contributed by atoms with E-state index in [9.17, 15) is 5.26 Å². The van der Waals surface area contributed by atoms with Crippen molar-refractivity contribution in [2.75, 3.05) is 29.9 Å². The van der Waals surface area contributed by atoms with Gasteiger partial charge in [0, 0.05) is 43.1 Å². The fourth-order valence-corrected chi connectivity index (χ4v) is 3.94. The molecule has 1 fully saturated rings. The predicted molar refractivity (Wildman–Crippen MR) is 133 cm³/mol. The number of anilines is 3. The van der Waals surface area contributed by atoms with Crippen molar-refractivity contribution in [3.63, 3.8) is 0 Å². The number of rotatable bonds is 8. The van der Waals surface area contributed by atoms with E-state index in [1.807, 2.05) is 25.1 Å². The molecule has 0 unspecified atom stereocenters. The summed E-state index contributed by atoms with van der Waals surface area (Å²) in [6, 6.07) is 10.7. The quantitative estimate of drug-likeness (QED) is 0.583. The highest BCUT2D eigenvalue weighted by Crippen LogP contribution is 2.24. The van der Waals surface area contributed by atoms with E-state index in [4.69, 9.17) is 9.97 Å². The zero-order valence-electron chi connectivity index (χ0n) is 20.3. The molecule has 3 rings (SSSR count). The van der Waals surface area contributed by atoms with E-state index in [-0.39, 0.29) is 5.41 Å². The number of hydrogen-bond donors (Lipinski definition) is 2. The molecule has 0 bridgehead atoms. The summed E-state index contributed by atoms with van der Waals surface area (Å²) in [5.41, 5.74) is 3.82. The number of nitrogens with one attached hydrogen (secondary N) is 2. The lowest BCUT2D eigenvalue weighted by atomic mass is 9.95. The number of aromatic nitrogens is 2. The molecule has 0 spiro atoms. The van der Waals surface area contributed by atoms with Gasteiger partial charge in [0.05, 0.1) is 11.6 Å². The van der Waals surface area contributed by atoms with Crippen LogP contribution in [0.5, 0.6) is 0 Å². The summed E-state index contributed by atoms with van der Waals surface area (Å²) in [6.07, 6.45) is 5.54. The Hall–Kier alpha value is -2.65. The summed E-state index contributed by atoms with van der Waals surface area (Å²) < 4.78 is 0. The first kappa shape index (κ1) is 24.0. The molecule has 1 atom stereocenters. The Balaban J connectivity index is 1.81. The molecule has 32 heavy (non-hydrogen) atoms. The van der Waals surface area contributed by atoms with Crippen LogP contribution in [0.4, 0.5) is 17.5 Å². The van der Waals surface area contributed by atoms with Gasteiger partial charge >= 0.3 is 0 Å². The normalized spacial score (nSPS) is 16.6. The number of nitrogens with zero attached hydrogens (tertiary/aromatic N) is 4. The third kappa shape index (κ3) is 6.93. The SMILES string of the molecule is CCCCc1cc(N2CCC[C@@H](NCC(C)(C)C)C2)nc(Nc2ccc(C)c(C#N)c2)n1. The molecular weight excluding hydrogens is 396 g/mol. The largest absolute Gasteiger partial charge is 0.355 e. The number of hydrogen-bond acceptors (Lipinski definition) is 6. The molecule has 2 heterocycles. The molecule has 6 heteroatoms. The van der Waals surface area contributed by atoms with E-state index in [0.717, 1.165) is 68.1 Å².